The fraction of sp³-hybridized carbons (Fsp3) is 0.364. The van der Waals surface area contributed by atoms with Gasteiger partial charge in [0.05, 0.1) is 0 Å². The Morgan fingerprint density at radius 3 is 2.27 bits per heavy atom. The number of ketones is 1. The summed E-state index contributed by atoms with van der Waals surface area (Å²) in [7, 11) is 0. The molecule has 0 aliphatic heterocycles. The van der Waals surface area contributed by atoms with Crippen LogP contribution in [0.4, 0.5) is 8.78 Å². The van der Waals surface area contributed by atoms with E-state index in [9.17, 15) is 13.6 Å². The zero-order chi connectivity index (χ0) is 11.5. The average molecular weight is 214 g/mol. The van der Waals surface area contributed by atoms with Crippen LogP contribution in [0.15, 0.2) is 30.3 Å². The number of rotatable bonds is 4. The molecule has 0 amide bonds. The molecule has 0 aliphatic rings. The molecule has 0 radical (unpaired) electrons. The molecule has 0 saturated heterocycles. The summed E-state index contributed by atoms with van der Waals surface area (Å²) in [6.45, 7) is -0.295. The highest BCUT2D eigenvalue weighted by molar-refractivity contribution is 6.01. The van der Waals surface area contributed by atoms with E-state index in [0.717, 1.165) is 0 Å². The second-order valence-corrected chi connectivity index (χ2v) is 3.58. The number of hydrogen-bond donors (Lipinski definition) is 0. The highest BCUT2D eigenvalue weighted by Gasteiger charge is 2.32. The van der Waals surface area contributed by atoms with Crippen LogP contribution in [0.1, 0.15) is 24.2 Å². The summed E-state index contributed by atoms with van der Waals surface area (Å²) in [6, 6.07) is 8.23. The van der Waals surface area contributed by atoms with Crippen molar-refractivity contribution in [2.75, 3.05) is 0 Å². The Kier molecular flexibility index (Phi) is 3.52. The molecular weight excluding hydrogens is 202 g/mol. The first kappa shape index (κ1) is 11.8. The summed E-state index contributed by atoms with van der Waals surface area (Å²) < 4.78 is 28.3. The smallest absolute Gasteiger partial charge is 0.308 e. The first-order chi connectivity index (χ1) is 6.93. The van der Waals surface area contributed by atoms with Crippen LogP contribution < -0.4 is 0 Å². The topological polar surface area (TPSA) is 26.3 Å². The molecule has 0 heterocycles. The van der Waals surface area contributed by atoms with Gasteiger partial charge in [-0.2, -0.15) is 8.78 Å². The maximum Gasteiger partial charge on any atom is 0.346 e. The highest BCUT2D eigenvalue weighted by Crippen LogP contribution is 2.19. The van der Waals surface area contributed by atoms with Gasteiger partial charge in [0.25, 0.3) is 0 Å². The summed E-state index contributed by atoms with van der Waals surface area (Å²) in [4.78, 5) is 11.7. The number of ether oxygens (including phenoxy) is 1. The largest absolute Gasteiger partial charge is 0.346 e. The zero-order valence-corrected chi connectivity index (χ0v) is 8.54. The maximum atomic E-state index is 12.0. The number of halogens is 2. The van der Waals surface area contributed by atoms with Crippen molar-refractivity contribution < 1.29 is 18.3 Å². The second kappa shape index (κ2) is 4.49. The zero-order valence-electron chi connectivity index (χ0n) is 8.54. The van der Waals surface area contributed by atoms with Crippen LogP contribution in [-0.2, 0) is 4.74 Å². The maximum absolute atomic E-state index is 12.0. The minimum atomic E-state index is -2.95. The third-order valence-corrected chi connectivity index (χ3v) is 1.97. The fourth-order valence-corrected chi connectivity index (χ4v) is 1.21. The normalized spacial score (nSPS) is 11.8. The van der Waals surface area contributed by atoms with Crippen molar-refractivity contribution >= 4 is 5.78 Å². The lowest BCUT2D eigenvalue weighted by molar-refractivity contribution is -0.179. The second-order valence-electron chi connectivity index (χ2n) is 3.58. The van der Waals surface area contributed by atoms with E-state index in [4.69, 9.17) is 0 Å². The molecule has 82 valence electrons. The van der Waals surface area contributed by atoms with Crippen molar-refractivity contribution in [3.05, 3.63) is 35.9 Å². The number of hydrogen-bond acceptors (Lipinski definition) is 2. The van der Waals surface area contributed by atoms with E-state index in [1.165, 1.54) is 13.8 Å². The molecular formula is C11H12F2O2. The van der Waals surface area contributed by atoms with Gasteiger partial charge in [-0.15, -0.1) is 0 Å². The van der Waals surface area contributed by atoms with Crippen LogP contribution in [0.25, 0.3) is 0 Å². The van der Waals surface area contributed by atoms with Crippen molar-refractivity contribution in [3.8, 4) is 0 Å². The van der Waals surface area contributed by atoms with Crippen molar-refractivity contribution in [2.24, 2.45) is 0 Å². The molecule has 4 heteroatoms. The lowest BCUT2D eigenvalue weighted by Crippen LogP contribution is -2.36. The molecule has 0 fully saturated rings. The number of Topliss-reactive ketones (excluding diaryl/α,β-unsaturated/α-hetero) is 1. The van der Waals surface area contributed by atoms with Crippen LogP contribution in [0, 0.1) is 0 Å². The molecule has 0 aromatic heterocycles. The third-order valence-electron chi connectivity index (χ3n) is 1.97. The van der Waals surface area contributed by atoms with Crippen LogP contribution >= 0.6 is 0 Å². The lowest BCUT2D eigenvalue weighted by atomic mass is 9.97. The number of carbonyl (C=O) groups is 1. The van der Waals surface area contributed by atoms with Gasteiger partial charge in [0.15, 0.2) is 5.78 Å². The Labute approximate surface area is 86.9 Å². The third kappa shape index (κ3) is 3.09. The summed E-state index contributed by atoms with van der Waals surface area (Å²) in [5.74, 6) is -0.455. The van der Waals surface area contributed by atoms with E-state index in [1.807, 2.05) is 0 Å². The Hall–Kier alpha value is -1.29. The number of benzene rings is 1. The van der Waals surface area contributed by atoms with E-state index in [0.29, 0.717) is 5.56 Å². The van der Waals surface area contributed by atoms with E-state index in [1.54, 1.807) is 30.3 Å². The highest BCUT2D eigenvalue weighted by atomic mass is 19.3. The van der Waals surface area contributed by atoms with Gasteiger partial charge in [-0.3, -0.25) is 4.79 Å². The molecule has 0 bridgehead atoms. The van der Waals surface area contributed by atoms with E-state index >= 15 is 0 Å². The molecule has 0 saturated carbocycles. The van der Waals surface area contributed by atoms with Crippen molar-refractivity contribution in [1.29, 1.82) is 0 Å². The molecule has 0 N–H and O–H groups in total. The molecule has 0 aliphatic carbocycles. The van der Waals surface area contributed by atoms with Gasteiger partial charge in [0.1, 0.15) is 5.60 Å². The van der Waals surface area contributed by atoms with E-state index in [-0.39, 0.29) is 0 Å². The quantitative estimate of drug-likeness (QED) is 0.720. The summed E-state index contributed by atoms with van der Waals surface area (Å²) in [5.41, 5.74) is -1.14. The first-order valence-corrected chi connectivity index (χ1v) is 4.49. The standard InChI is InChI=1S/C11H12F2O2/c1-11(2,15-10(12)13)9(14)8-6-4-3-5-7-8/h3-7,10H,1-2H3. The Morgan fingerprint density at radius 2 is 1.80 bits per heavy atom. The summed E-state index contributed by atoms with van der Waals surface area (Å²) >= 11 is 0. The molecule has 1 aromatic rings. The van der Waals surface area contributed by atoms with Gasteiger partial charge in [0.2, 0.25) is 0 Å². The molecule has 1 aromatic carbocycles. The van der Waals surface area contributed by atoms with Gasteiger partial charge in [-0.25, -0.2) is 0 Å². The van der Waals surface area contributed by atoms with Gasteiger partial charge in [0, 0.05) is 5.56 Å². The van der Waals surface area contributed by atoms with Crippen LogP contribution in [0.3, 0.4) is 0 Å². The summed E-state index contributed by atoms with van der Waals surface area (Å²) in [5, 5.41) is 0. The Balaban J connectivity index is 2.85. The van der Waals surface area contributed by atoms with E-state index < -0.39 is 18.0 Å². The van der Waals surface area contributed by atoms with Gasteiger partial charge >= 0.3 is 6.61 Å². The molecule has 1 rings (SSSR count). The Morgan fingerprint density at radius 1 is 1.27 bits per heavy atom. The summed E-state index contributed by atoms with van der Waals surface area (Å²) in [6.07, 6.45) is 0. The van der Waals surface area contributed by atoms with Crippen LogP contribution in [0.2, 0.25) is 0 Å². The van der Waals surface area contributed by atoms with Crippen molar-refractivity contribution in [2.45, 2.75) is 26.1 Å². The van der Waals surface area contributed by atoms with Crippen LogP contribution in [0.5, 0.6) is 0 Å². The minimum absolute atomic E-state index is 0.364. The molecule has 0 unspecified atom stereocenters. The molecule has 0 atom stereocenters. The van der Waals surface area contributed by atoms with Crippen molar-refractivity contribution in [1.82, 2.24) is 0 Å². The molecule has 0 spiro atoms. The first-order valence-electron chi connectivity index (χ1n) is 4.49. The van der Waals surface area contributed by atoms with E-state index in [2.05, 4.69) is 4.74 Å². The SMILES string of the molecule is CC(C)(OC(F)F)C(=O)c1ccccc1. The van der Waals surface area contributed by atoms with Gasteiger partial charge in [-0.1, -0.05) is 30.3 Å². The number of carbonyl (C=O) groups excluding carboxylic acids is 1. The fourth-order valence-electron chi connectivity index (χ4n) is 1.21. The Bertz CT molecular complexity index is 334. The predicted octanol–water partition coefficient (Wildman–Crippen LogP) is 2.89. The predicted molar refractivity (Wildman–Crippen MR) is 51.9 cm³/mol. The molecule has 15 heavy (non-hydrogen) atoms. The van der Waals surface area contributed by atoms with Gasteiger partial charge in [-0.05, 0) is 13.8 Å². The van der Waals surface area contributed by atoms with Crippen LogP contribution in [-0.4, -0.2) is 18.0 Å². The molecule has 2 nitrogen and oxygen atoms in total. The van der Waals surface area contributed by atoms with Crippen molar-refractivity contribution in [3.63, 3.8) is 0 Å². The van der Waals surface area contributed by atoms with Gasteiger partial charge < -0.3 is 4.74 Å². The number of alkyl halides is 2. The lowest BCUT2D eigenvalue weighted by Gasteiger charge is -2.22. The monoisotopic (exact) mass is 214 g/mol. The average Bonchev–Trinajstić information content (AvgIpc) is 2.16. The minimum Gasteiger partial charge on any atom is -0.308 e.